The molecule has 0 atom stereocenters. The van der Waals surface area contributed by atoms with E-state index in [2.05, 4.69) is 17.0 Å². The van der Waals surface area contributed by atoms with Gasteiger partial charge >= 0.3 is 0 Å². The van der Waals surface area contributed by atoms with E-state index in [0.29, 0.717) is 6.54 Å². The molecule has 0 aliphatic heterocycles. The van der Waals surface area contributed by atoms with Gasteiger partial charge in [0.2, 0.25) is 0 Å². The van der Waals surface area contributed by atoms with Gasteiger partial charge in [-0.05, 0) is 37.9 Å². The van der Waals surface area contributed by atoms with E-state index in [0.717, 1.165) is 23.1 Å². The molecule has 2 heterocycles. The van der Waals surface area contributed by atoms with Gasteiger partial charge in [-0.15, -0.1) is 0 Å². The van der Waals surface area contributed by atoms with Crippen molar-refractivity contribution in [3.05, 3.63) is 23.0 Å². The number of aryl methyl sites for hydroxylation is 3. The Balaban J connectivity index is 2.73. The predicted molar refractivity (Wildman–Crippen MR) is 60.7 cm³/mol. The third kappa shape index (κ3) is 1.51. The van der Waals surface area contributed by atoms with E-state index in [1.54, 1.807) is 0 Å². The average molecular weight is 204 g/mol. The summed E-state index contributed by atoms with van der Waals surface area (Å²) in [5.41, 5.74) is 10.1. The fraction of sp³-hybridized carbons (Fsp3) is 0.455. The zero-order chi connectivity index (χ0) is 11.0. The summed E-state index contributed by atoms with van der Waals surface area (Å²) in [7, 11) is 1.91. The number of nitrogens with zero attached hydrogens (tertiary/aromatic N) is 3. The van der Waals surface area contributed by atoms with Gasteiger partial charge in [0, 0.05) is 18.1 Å². The van der Waals surface area contributed by atoms with Crippen LogP contribution < -0.4 is 5.73 Å². The van der Waals surface area contributed by atoms with E-state index in [9.17, 15) is 0 Å². The first kappa shape index (κ1) is 10.1. The molecule has 0 bridgehead atoms. The third-order valence-electron chi connectivity index (χ3n) is 2.87. The second kappa shape index (κ2) is 3.62. The van der Waals surface area contributed by atoms with Gasteiger partial charge in [-0.25, -0.2) is 4.98 Å². The van der Waals surface area contributed by atoms with Gasteiger partial charge in [0.1, 0.15) is 0 Å². The van der Waals surface area contributed by atoms with Crippen LogP contribution in [0, 0.1) is 13.8 Å². The SMILES string of the molecule is Cc1nc2c(cnn2C)c(C)c1CCN. The summed E-state index contributed by atoms with van der Waals surface area (Å²) in [6, 6.07) is 0. The van der Waals surface area contributed by atoms with Gasteiger partial charge in [-0.2, -0.15) is 5.10 Å². The summed E-state index contributed by atoms with van der Waals surface area (Å²) in [6.45, 7) is 4.81. The van der Waals surface area contributed by atoms with E-state index in [4.69, 9.17) is 5.73 Å². The van der Waals surface area contributed by atoms with E-state index >= 15 is 0 Å². The summed E-state index contributed by atoms with van der Waals surface area (Å²) >= 11 is 0. The molecule has 0 aliphatic rings. The van der Waals surface area contributed by atoms with Crippen molar-refractivity contribution in [2.75, 3.05) is 6.54 Å². The first-order valence-electron chi connectivity index (χ1n) is 5.13. The zero-order valence-corrected chi connectivity index (χ0v) is 9.41. The molecule has 2 rings (SSSR count). The monoisotopic (exact) mass is 204 g/mol. The van der Waals surface area contributed by atoms with Gasteiger partial charge in [0.05, 0.1) is 6.20 Å². The molecule has 0 spiro atoms. The summed E-state index contributed by atoms with van der Waals surface area (Å²) in [6.07, 6.45) is 2.76. The van der Waals surface area contributed by atoms with Gasteiger partial charge in [-0.1, -0.05) is 0 Å². The van der Waals surface area contributed by atoms with Crippen molar-refractivity contribution in [3.63, 3.8) is 0 Å². The van der Waals surface area contributed by atoms with Gasteiger partial charge in [0.15, 0.2) is 5.65 Å². The molecule has 0 radical (unpaired) electrons. The van der Waals surface area contributed by atoms with Crippen LogP contribution in [0.3, 0.4) is 0 Å². The highest BCUT2D eigenvalue weighted by atomic mass is 15.3. The highest BCUT2D eigenvalue weighted by Gasteiger charge is 2.11. The van der Waals surface area contributed by atoms with Crippen LogP contribution in [0.15, 0.2) is 6.20 Å². The Morgan fingerprint density at radius 2 is 2.13 bits per heavy atom. The van der Waals surface area contributed by atoms with Crippen molar-refractivity contribution in [2.45, 2.75) is 20.3 Å². The largest absolute Gasteiger partial charge is 0.330 e. The number of aromatic nitrogens is 3. The molecule has 0 aromatic carbocycles. The molecule has 2 aromatic rings. The highest BCUT2D eigenvalue weighted by molar-refractivity contribution is 5.80. The Bertz CT molecular complexity index is 499. The fourth-order valence-electron chi connectivity index (χ4n) is 2.00. The minimum atomic E-state index is 0.662. The quantitative estimate of drug-likeness (QED) is 0.796. The lowest BCUT2D eigenvalue weighted by Gasteiger charge is -2.09. The predicted octanol–water partition coefficient (Wildman–Crippen LogP) is 1.09. The smallest absolute Gasteiger partial charge is 0.157 e. The van der Waals surface area contributed by atoms with E-state index in [1.165, 1.54) is 11.1 Å². The Morgan fingerprint density at radius 1 is 1.40 bits per heavy atom. The first-order chi connectivity index (χ1) is 7.15. The second-order valence-electron chi connectivity index (χ2n) is 3.84. The fourth-order valence-corrected chi connectivity index (χ4v) is 2.00. The zero-order valence-electron chi connectivity index (χ0n) is 9.41. The summed E-state index contributed by atoms with van der Waals surface area (Å²) in [5, 5.41) is 5.35. The molecular formula is C11H16N4. The minimum absolute atomic E-state index is 0.662. The average Bonchev–Trinajstić information content (AvgIpc) is 2.55. The number of hydrogen-bond acceptors (Lipinski definition) is 3. The lowest BCUT2D eigenvalue weighted by molar-refractivity contribution is 0.783. The number of rotatable bonds is 2. The number of hydrogen-bond donors (Lipinski definition) is 1. The summed E-state index contributed by atoms with van der Waals surface area (Å²) in [4.78, 5) is 4.56. The topological polar surface area (TPSA) is 56.7 Å². The van der Waals surface area contributed by atoms with Crippen molar-refractivity contribution < 1.29 is 0 Å². The maximum atomic E-state index is 5.60. The number of nitrogens with two attached hydrogens (primary N) is 1. The molecule has 4 nitrogen and oxygen atoms in total. The Kier molecular flexibility index (Phi) is 2.44. The van der Waals surface area contributed by atoms with Gasteiger partial charge in [0.25, 0.3) is 0 Å². The van der Waals surface area contributed by atoms with Crippen LogP contribution in [-0.2, 0) is 13.5 Å². The molecule has 0 unspecified atom stereocenters. The molecule has 0 amide bonds. The maximum absolute atomic E-state index is 5.60. The molecule has 0 aliphatic carbocycles. The van der Waals surface area contributed by atoms with Crippen molar-refractivity contribution in [1.29, 1.82) is 0 Å². The van der Waals surface area contributed by atoms with Crippen LogP contribution in [0.25, 0.3) is 11.0 Å². The van der Waals surface area contributed by atoms with E-state index in [1.807, 2.05) is 24.9 Å². The molecule has 0 saturated heterocycles. The Hall–Kier alpha value is -1.42. The van der Waals surface area contributed by atoms with Crippen LogP contribution >= 0.6 is 0 Å². The Labute approximate surface area is 89.1 Å². The van der Waals surface area contributed by atoms with Crippen molar-refractivity contribution in [3.8, 4) is 0 Å². The number of pyridine rings is 1. The van der Waals surface area contributed by atoms with E-state index in [-0.39, 0.29) is 0 Å². The minimum Gasteiger partial charge on any atom is -0.330 e. The van der Waals surface area contributed by atoms with Crippen molar-refractivity contribution in [2.24, 2.45) is 12.8 Å². The van der Waals surface area contributed by atoms with Gasteiger partial charge in [-0.3, -0.25) is 4.68 Å². The lowest BCUT2D eigenvalue weighted by Crippen LogP contribution is -2.07. The number of fused-ring (bicyclic) bond motifs is 1. The molecule has 2 N–H and O–H groups in total. The highest BCUT2D eigenvalue weighted by Crippen LogP contribution is 2.21. The molecular weight excluding hydrogens is 188 g/mol. The van der Waals surface area contributed by atoms with Gasteiger partial charge < -0.3 is 5.73 Å². The molecule has 4 heteroatoms. The molecule has 0 fully saturated rings. The molecule has 0 saturated carbocycles. The standard InChI is InChI=1S/C11H16N4/c1-7-9(4-5-12)8(2)14-11-10(7)6-13-15(11)3/h6H,4-5,12H2,1-3H3. The van der Waals surface area contributed by atoms with E-state index < -0.39 is 0 Å². The first-order valence-corrected chi connectivity index (χ1v) is 5.13. The molecule has 15 heavy (non-hydrogen) atoms. The molecule has 80 valence electrons. The van der Waals surface area contributed by atoms with Crippen molar-refractivity contribution in [1.82, 2.24) is 14.8 Å². The Morgan fingerprint density at radius 3 is 2.80 bits per heavy atom. The summed E-state index contributed by atoms with van der Waals surface area (Å²) in [5.74, 6) is 0. The molecule has 2 aromatic heterocycles. The van der Waals surface area contributed by atoms with Crippen LogP contribution in [-0.4, -0.2) is 21.3 Å². The van der Waals surface area contributed by atoms with Crippen molar-refractivity contribution >= 4 is 11.0 Å². The third-order valence-corrected chi connectivity index (χ3v) is 2.87. The van der Waals surface area contributed by atoms with Crippen LogP contribution in [0.4, 0.5) is 0 Å². The summed E-state index contributed by atoms with van der Waals surface area (Å²) < 4.78 is 1.81. The van der Waals surface area contributed by atoms with Crippen LogP contribution in [0.2, 0.25) is 0 Å². The van der Waals surface area contributed by atoms with Crippen LogP contribution in [0.5, 0.6) is 0 Å². The maximum Gasteiger partial charge on any atom is 0.157 e. The second-order valence-corrected chi connectivity index (χ2v) is 3.84. The lowest BCUT2D eigenvalue weighted by atomic mass is 10.0. The normalized spacial score (nSPS) is 11.2. The van der Waals surface area contributed by atoms with Crippen LogP contribution in [0.1, 0.15) is 16.8 Å².